The first-order chi connectivity index (χ1) is 7.30. The number of carbonyl (C=O) groups excluding carboxylic acids is 1. The van der Waals surface area contributed by atoms with Gasteiger partial charge in [-0.25, -0.2) is 0 Å². The number of nitrogens with one attached hydrogen (secondary N) is 1. The molecule has 0 saturated carbocycles. The molecule has 0 radical (unpaired) electrons. The number of hydrogen-bond donors (Lipinski definition) is 1. The normalized spacial score (nSPS) is 11.3. The Morgan fingerprint density at radius 3 is 2.38 bits per heavy atom. The van der Waals surface area contributed by atoms with Crippen LogP contribution in [0.3, 0.4) is 0 Å². The lowest BCUT2D eigenvalue weighted by atomic mass is 10.2. The lowest BCUT2D eigenvalue weighted by molar-refractivity contribution is -0.120. The number of hydrogen-bond acceptors (Lipinski definition) is 1. The Labute approximate surface area is 118 Å². The highest BCUT2D eigenvalue weighted by molar-refractivity contribution is 6.76. The fourth-order valence-electron chi connectivity index (χ4n) is 0.941. The van der Waals surface area contributed by atoms with E-state index in [1.165, 1.54) is 0 Å². The molecule has 1 rings (SSSR count). The van der Waals surface area contributed by atoms with E-state index in [0.717, 1.165) is 0 Å². The van der Waals surface area contributed by atoms with Crippen LogP contribution in [0.1, 0.15) is 5.56 Å². The first-order valence-electron chi connectivity index (χ1n) is 4.09. The average Bonchev–Trinajstić information content (AvgIpc) is 2.14. The van der Waals surface area contributed by atoms with Crippen LogP contribution in [0.15, 0.2) is 18.2 Å². The Morgan fingerprint density at radius 1 is 1.25 bits per heavy atom. The van der Waals surface area contributed by atoms with Crippen LogP contribution in [-0.4, -0.2) is 9.70 Å². The molecule has 16 heavy (non-hydrogen) atoms. The van der Waals surface area contributed by atoms with Crippen LogP contribution >= 0.6 is 58.0 Å². The van der Waals surface area contributed by atoms with Gasteiger partial charge in [0.15, 0.2) is 0 Å². The summed E-state index contributed by atoms with van der Waals surface area (Å²) >= 11 is 27.7. The van der Waals surface area contributed by atoms with E-state index in [2.05, 4.69) is 5.32 Å². The minimum absolute atomic E-state index is 0.169. The van der Waals surface area contributed by atoms with Crippen molar-refractivity contribution in [2.45, 2.75) is 10.3 Å². The number of carbonyl (C=O) groups is 1. The highest BCUT2D eigenvalue weighted by atomic mass is 35.6. The fraction of sp³-hybridized carbons (Fsp3) is 0.222. The van der Waals surface area contributed by atoms with Crippen molar-refractivity contribution in [3.8, 4) is 0 Å². The molecule has 0 aliphatic heterocycles. The Bertz CT molecular complexity index is 401. The van der Waals surface area contributed by atoms with E-state index in [4.69, 9.17) is 58.0 Å². The predicted molar refractivity (Wildman–Crippen MR) is 68.6 cm³/mol. The molecule has 2 nitrogen and oxygen atoms in total. The molecule has 1 amide bonds. The van der Waals surface area contributed by atoms with Gasteiger partial charge in [-0.3, -0.25) is 4.79 Å². The molecular weight excluding hydrogens is 315 g/mol. The highest BCUT2D eigenvalue weighted by Crippen LogP contribution is 2.26. The molecule has 0 spiro atoms. The van der Waals surface area contributed by atoms with Crippen molar-refractivity contribution in [2.24, 2.45) is 0 Å². The molecule has 0 saturated heterocycles. The maximum atomic E-state index is 11.2. The fourth-order valence-corrected chi connectivity index (χ4v) is 1.62. The third-order valence-corrected chi connectivity index (χ3v) is 2.81. The zero-order valence-corrected chi connectivity index (χ0v) is 11.5. The van der Waals surface area contributed by atoms with Gasteiger partial charge in [-0.05, 0) is 17.7 Å². The molecule has 0 atom stereocenters. The summed E-state index contributed by atoms with van der Waals surface area (Å²) in [5.74, 6) is -0.705. The number of halogens is 5. The minimum Gasteiger partial charge on any atom is -0.348 e. The van der Waals surface area contributed by atoms with E-state index in [-0.39, 0.29) is 6.54 Å². The monoisotopic (exact) mass is 319 g/mol. The molecule has 7 heteroatoms. The van der Waals surface area contributed by atoms with Gasteiger partial charge in [-0.2, -0.15) is 0 Å². The van der Waals surface area contributed by atoms with Crippen LogP contribution in [0, 0.1) is 0 Å². The van der Waals surface area contributed by atoms with Crippen LogP contribution in [0.2, 0.25) is 10.0 Å². The highest BCUT2D eigenvalue weighted by Gasteiger charge is 2.30. The standard InChI is InChI=1S/C9H6Cl5NO/c10-6-2-1-5(7(11)3-6)4-15-8(16)9(12,13)14/h1-3H,4H2,(H,15,16). The predicted octanol–water partition coefficient (Wildman–Crippen LogP) is 3.98. The van der Waals surface area contributed by atoms with E-state index >= 15 is 0 Å². The van der Waals surface area contributed by atoms with Crippen molar-refractivity contribution in [3.05, 3.63) is 33.8 Å². The van der Waals surface area contributed by atoms with Gasteiger partial charge in [-0.15, -0.1) is 0 Å². The molecule has 0 aliphatic carbocycles. The second kappa shape index (κ2) is 5.65. The third-order valence-electron chi connectivity index (χ3n) is 1.71. The van der Waals surface area contributed by atoms with Crippen LogP contribution in [0.25, 0.3) is 0 Å². The minimum atomic E-state index is -1.97. The first-order valence-corrected chi connectivity index (χ1v) is 5.98. The van der Waals surface area contributed by atoms with Gasteiger partial charge in [0.25, 0.3) is 9.70 Å². The summed E-state index contributed by atoms with van der Waals surface area (Å²) in [4.78, 5) is 11.2. The molecule has 0 heterocycles. The molecule has 0 aromatic heterocycles. The molecule has 1 N–H and O–H groups in total. The van der Waals surface area contributed by atoms with Gasteiger partial charge in [0, 0.05) is 16.6 Å². The SMILES string of the molecule is O=C(NCc1ccc(Cl)cc1Cl)C(Cl)(Cl)Cl. The Morgan fingerprint density at radius 2 is 1.88 bits per heavy atom. The van der Waals surface area contributed by atoms with E-state index < -0.39 is 9.70 Å². The average molecular weight is 321 g/mol. The summed E-state index contributed by atoms with van der Waals surface area (Å²) in [5, 5.41) is 3.39. The summed E-state index contributed by atoms with van der Waals surface area (Å²) < 4.78 is -1.97. The maximum Gasteiger partial charge on any atom is 0.272 e. The van der Waals surface area contributed by atoms with Crippen LogP contribution in [-0.2, 0) is 11.3 Å². The molecule has 0 aliphatic rings. The van der Waals surface area contributed by atoms with Crippen molar-refractivity contribution >= 4 is 63.9 Å². The van der Waals surface area contributed by atoms with Crippen molar-refractivity contribution in [2.75, 3.05) is 0 Å². The van der Waals surface area contributed by atoms with Gasteiger partial charge >= 0.3 is 0 Å². The number of benzene rings is 1. The van der Waals surface area contributed by atoms with Gasteiger partial charge in [0.05, 0.1) is 0 Å². The Balaban J connectivity index is 2.65. The third kappa shape index (κ3) is 4.19. The van der Waals surface area contributed by atoms with Crippen molar-refractivity contribution in [1.82, 2.24) is 5.32 Å². The summed E-state index contributed by atoms with van der Waals surface area (Å²) in [6, 6.07) is 4.91. The molecule has 0 bridgehead atoms. The second-order valence-electron chi connectivity index (χ2n) is 2.92. The molecule has 0 fully saturated rings. The number of amides is 1. The number of alkyl halides is 3. The maximum absolute atomic E-state index is 11.2. The quantitative estimate of drug-likeness (QED) is 0.820. The zero-order valence-electron chi connectivity index (χ0n) is 7.74. The summed E-state index contributed by atoms with van der Waals surface area (Å²) in [6.45, 7) is 0.169. The second-order valence-corrected chi connectivity index (χ2v) is 6.04. The lowest BCUT2D eigenvalue weighted by Gasteiger charge is -2.12. The molecule has 88 valence electrons. The summed E-state index contributed by atoms with van der Waals surface area (Å²) in [7, 11) is 0. The Kier molecular flexibility index (Phi) is 5.02. The van der Waals surface area contributed by atoms with Gasteiger partial charge in [0.2, 0.25) is 0 Å². The van der Waals surface area contributed by atoms with E-state index in [9.17, 15) is 4.79 Å². The largest absolute Gasteiger partial charge is 0.348 e. The van der Waals surface area contributed by atoms with Crippen LogP contribution < -0.4 is 5.32 Å². The van der Waals surface area contributed by atoms with Gasteiger partial charge < -0.3 is 5.32 Å². The van der Waals surface area contributed by atoms with Crippen LogP contribution in [0.4, 0.5) is 0 Å². The lowest BCUT2D eigenvalue weighted by Crippen LogP contribution is -2.34. The molecular formula is C9H6Cl5NO. The smallest absolute Gasteiger partial charge is 0.272 e. The molecule has 1 aromatic carbocycles. The van der Waals surface area contributed by atoms with Crippen molar-refractivity contribution in [3.63, 3.8) is 0 Å². The van der Waals surface area contributed by atoms with Gasteiger partial charge in [0.1, 0.15) is 0 Å². The van der Waals surface area contributed by atoms with E-state index in [1.807, 2.05) is 0 Å². The van der Waals surface area contributed by atoms with E-state index in [0.29, 0.717) is 15.6 Å². The van der Waals surface area contributed by atoms with E-state index in [1.54, 1.807) is 18.2 Å². The van der Waals surface area contributed by atoms with Crippen molar-refractivity contribution in [1.29, 1.82) is 0 Å². The van der Waals surface area contributed by atoms with Crippen molar-refractivity contribution < 1.29 is 4.79 Å². The topological polar surface area (TPSA) is 29.1 Å². The summed E-state index contributed by atoms with van der Waals surface area (Å²) in [5.41, 5.74) is 0.689. The number of rotatable bonds is 2. The summed E-state index contributed by atoms with van der Waals surface area (Å²) in [6.07, 6.45) is 0. The Hall–Kier alpha value is 0.140. The zero-order chi connectivity index (χ0) is 12.3. The van der Waals surface area contributed by atoms with Crippen LogP contribution in [0.5, 0.6) is 0 Å². The molecule has 1 aromatic rings. The van der Waals surface area contributed by atoms with Gasteiger partial charge in [-0.1, -0.05) is 64.1 Å². The molecule has 0 unspecified atom stereocenters. The first kappa shape index (κ1) is 14.2.